The molecule has 0 amide bonds. The van der Waals surface area contributed by atoms with Gasteiger partial charge in [0.05, 0.1) is 19.1 Å². The first-order valence-electron chi connectivity index (χ1n) is 7.02. The van der Waals surface area contributed by atoms with Crippen LogP contribution in [0.1, 0.15) is 5.69 Å². The zero-order chi connectivity index (χ0) is 16.9. The number of ether oxygens (including phenoxy) is 1. The summed E-state index contributed by atoms with van der Waals surface area (Å²) in [6.45, 7) is -0.529. The van der Waals surface area contributed by atoms with Crippen molar-refractivity contribution in [3.63, 3.8) is 0 Å². The van der Waals surface area contributed by atoms with Crippen molar-refractivity contribution in [2.75, 3.05) is 6.61 Å². The standard InChI is InChI=1S/C12H13N7O5/c20-2-5-8(21)9(22)12(24-5,6-1-16-18-17-6)19-4-15-7-10(19)13-3-14-11(7)23/h1,3-5,8-9,20-22H,2H2,(H,13,14,23)(H,16,17,18)/t5-,8-,9-,12-/m1/s1. The van der Waals surface area contributed by atoms with Gasteiger partial charge in [-0.2, -0.15) is 15.4 Å². The van der Waals surface area contributed by atoms with Crippen LogP contribution in [0, 0.1) is 0 Å². The van der Waals surface area contributed by atoms with Crippen molar-refractivity contribution in [3.05, 3.63) is 34.9 Å². The molecular weight excluding hydrogens is 322 g/mol. The van der Waals surface area contributed by atoms with Crippen LogP contribution in [0.15, 0.2) is 23.6 Å². The maximum absolute atomic E-state index is 11.9. The van der Waals surface area contributed by atoms with Crippen LogP contribution in [0.25, 0.3) is 11.2 Å². The second-order valence-electron chi connectivity index (χ2n) is 5.34. The van der Waals surface area contributed by atoms with Gasteiger partial charge in [-0.25, -0.2) is 9.97 Å². The number of hydrogen-bond donors (Lipinski definition) is 5. The number of imidazole rings is 1. The molecule has 4 heterocycles. The van der Waals surface area contributed by atoms with Crippen molar-refractivity contribution in [1.29, 1.82) is 0 Å². The van der Waals surface area contributed by atoms with Crippen molar-refractivity contribution in [1.82, 2.24) is 34.9 Å². The van der Waals surface area contributed by atoms with Crippen LogP contribution in [0.4, 0.5) is 0 Å². The number of aromatic nitrogens is 7. The second kappa shape index (κ2) is 5.17. The van der Waals surface area contributed by atoms with Gasteiger partial charge in [0, 0.05) is 0 Å². The Morgan fingerprint density at radius 2 is 2.21 bits per heavy atom. The molecule has 0 unspecified atom stereocenters. The lowest BCUT2D eigenvalue weighted by molar-refractivity contribution is -0.118. The number of rotatable bonds is 3. The number of H-pyrrole nitrogens is 2. The summed E-state index contributed by atoms with van der Waals surface area (Å²) < 4.78 is 7.05. The minimum atomic E-state index is -1.75. The van der Waals surface area contributed by atoms with Gasteiger partial charge in [-0.05, 0) is 0 Å². The summed E-state index contributed by atoms with van der Waals surface area (Å²) >= 11 is 0. The third-order valence-electron chi connectivity index (χ3n) is 4.10. The summed E-state index contributed by atoms with van der Waals surface area (Å²) in [5.74, 6) is 0. The topological polar surface area (TPSA) is 175 Å². The van der Waals surface area contributed by atoms with Crippen molar-refractivity contribution in [3.8, 4) is 0 Å². The Kier molecular flexibility index (Phi) is 3.21. The average molecular weight is 335 g/mol. The van der Waals surface area contributed by atoms with Crippen LogP contribution < -0.4 is 5.56 Å². The Balaban J connectivity index is 2.01. The Morgan fingerprint density at radius 1 is 1.38 bits per heavy atom. The van der Waals surface area contributed by atoms with Crippen LogP contribution >= 0.6 is 0 Å². The van der Waals surface area contributed by atoms with E-state index >= 15 is 0 Å². The van der Waals surface area contributed by atoms with E-state index < -0.39 is 36.2 Å². The molecule has 24 heavy (non-hydrogen) atoms. The van der Waals surface area contributed by atoms with Crippen molar-refractivity contribution >= 4 is 11.2 Å². The van der Waals surface area contributed by atoms with Gasteiger partial charge in [-0.3, -0.25) is 9.36 Å². The highest BCUT2D eigenvalue weighted by Gasteiger charge is 2.58. The van der Waals surface area contributed by atoms with Crippen molar-refractivity contribution < 1.29 is 20.1 Å². The van der Waals surface area contributed by atoms with E-state index in [0.717, 1.165) is 0 Å². The molecule has 0 aromatic carbocycles. The van der Waals surface area contributed by atoms with Gasteiger partial charge in [0.1, 0.15) is 30.3 Å². The molecule has 0 radical (unpaired) electrons. The highest BCUT2D eigenvalue weighted by Crippen LogP contribution is 2.41. The quantitative estimate of drug-likeness (QED) is 0.335. The molecule has 0 bridgehead atoms. The van der Waals surface area contributed by atoms with E-state index in [1.165, 1.54) is 23.4 Å². The average Bonchev–Trinajstić information content (AvgIpc) is 3.29. The molecular formula is C12H13N7O5. The largest absolute Gasteiger partial charge is 0.394 e. The van der Waals surface area contributed by atoms with Gasteiger partial charge in [-0.15, -0.1) is 0 Å². The van der Waals surface area contributed by atoms with Gasteiger partial charge < -0.3 is 25.0 Å². The molecule has 1 saturated heterocycles. The molecule has 0 saturated carbocycles. The minimum absolute atomic E-state index is 0.0260. The molecule has 12 nitrogen and oxygen atoms in total. The second-order valence-corrected chi connectivity index (χ2v) is 5.34. The molecule has 1 aliphatic rings. The summed E-state index contributed by atoms with van der Waals surface area (Å²) in [7, 11) is 0. The van der Waals surface area contributed by atoms with Crippen LogP contribution in [-0.4, -0.2) is 75.2 Å². The van der Waals surface area contributed by atoms with Crippen LogP contribution in [0.3, 0.4) is 0 Å². The van der Waals surface area contributed by atoms with Crippen molar-refractivity contribution in [2.24, 2.45) is 0 Å². The Bertz CT molecular complexity index is 921. The first-order valence-corrected chi connectivity index (χ1v) is 7.02. The number of nitrogens with zero attached hydrogens (tertiary/aromatic N) is 5. The first-order chi connectivity index (χ1) is 11.6. The van der Waals surface area contributed by atoms with Crippen molar-refractivity contribution in [2.45, 2.75) is 24.0 Å². The molecule has 5 N–H and O–H groups in total. The van der Waals surface area contributed by atoms with Gasteiger partial charge in [0.25, 0.3) is 5.56 Å². The summed E-state index contributed by atoms with van der Waals surface area (Å²) in [5.41, 5.74) is -1.95. The lowest BCUT2D eigenvalue weighted by Gasteiger charge is -2.31. The molecule has 1 fully saturated rings. The van der Waals surface area contributed by atoms with Crippen LogP contribution in [0.5, 0.6) is 0 Å². The molecule has 0 spiro atoms. The van der Waals surface area contributed by atoms with E-state index in [1.807, 2.05) is 0 Å². The zero-order valence-electron chi connectivity index (χ0n) is 12.1. The van der Waals surface area contributed by atoms with Gasteiger partial charge in [-0.1, -0.05) is 0 Å². The molecule has 0 aliphatic carbocycles. The molecule has 4 rings (SSSR count). The van der Waals surface area contributed by atoms with Gasteiger partial charge in [0.15, 0.2) is 11.2 Å². The zero-order valence-corrected chi connectivity index (χ0v) is 12.1. The van der Waals surface area contributed by atoms with Crippen LogP contribution in [0.2, 0.25) is 0 Å². The Hall–Kier alpha value is -2.67. The van der Waals surface area contributed by atoms with E-state index in [-0.39, 0.29) is 16.9 Å². The van der Waals surface area contributed by atoms with E-state index in [9.17, 15) is 20.1 Å². The smallest absolute Gasteiger partial charge is 0.278 e. The number of aromatic amines is 2. The highest BCUT2D eigenvalue weighted by molar-refractivity contribution is 5.69. The Labute approximate surface area is 132 Å². The summed E-state index contributed by atoms with van der Waals surface area (Å²) in [5, 5.41) is 40.3. The number of aliphatic hydroxyl groups is 3. The number of hydrogen-bond acceptors (Lipinski definition) is 9. The van der Waals surface area contributed by atoms with Gasteiger partial charge >= 0.3 is 0 Å². The third-order valence-corrected chi connectivity index (χ3v) is 4.10. The SMILES string of the molecule is O=c1[nH]cnc2c1ncn2[C@]1(c2cn[nH]n2)O[C@H](CO)[C@@H](O)[C@H]1O. The number of aliphatic hydroxyl groups excluding tert-OH is 3. The van der Waals surface area contributed by atoms with Crippen LogP contribution in [-0.2, 0) is 10.5 Å². The predicted octanol–water partition coefficient (Wildman–Crippen LogP) is -2.95. The van der Waals surface area contributed by atoms with E-state index in [4.69, 9.17) is 4.74 Å². The summed E-state index contributed by atoms with van der Waals surface area (Å²) in [6, 6.07) is 0. The lowest BCUT2D eigenvalue weighted by atomic mass is 9.99. The lowest BCUT2D eigenvalue weighted by Crippen LogP contribution is -2.47. The van der Waals surface area contributed by atoms with E-state index in [0.29, 0.717) is 0 Å². The normalized spacial score (nSPS) is 30.2. The molecule has 12 heteroatoms. The Morgan fingerprint density at radius 3 is 2.88 bits per heavy atom. The van der Waals surface area contributed by atoms with E-state index in [2.05, 4.69) is 30.4 Å². The first kappa shape index (κ1) is 14.9. The minimum Gasteiger partial charge on any atom is -0.394 e. The fraction of sp³-hybridized carbons (Fsp3) is 0.417. The molecule has 126 valence electrons. The fourth-order valence-corrected chi connectivity index (χ4v) is 2.95. The summed E-state index contributed by atoms with van der Waals surface area (Å²) in [6.07, 6.45) is -0.257. The fourth-order valence-electron chi connectivity index (χ4n) is 2.95. The highest BCUT2D eigenvalue weighted by atomic mass is 16.6. The number of nitrogens with one attached hydrogen (secondary N) is 2. The molecule has 1 aliphatic heterocycles. The maximum Gasteiger partial charge on any atom is 0.278 e. The molecule has 4 atom stereocenters. The maximum atomic E-state index is 11.9. The third kappa shape index (κ3) is 1.78. The molecule has 3 aromatic rings. The predicted molar refractivity (Wildman–Crippen MR) is 75.6 cm³/mol. The van der Waals surface area contributed by atoms with Gasteiger partial charge in [0.2, 0.25) is 5.72 Å². The monoisotopic (exact) mass is 335 g/mol. The number of fused-ring (bicyclic) bond motifs is 1. The summed E-state index contributed by atoms with van der Waals surface area (Å²) in [4.78, 5) is 22.3. The van der Waals surface area contributed by atoms with E-state index in [1.54, 1.807) is 0 Å². The molecule has 3 aromatic heterocycles.